The van der Waals surface area contributed by atoms with Crippen molar-refractivity contribution in [1.29, 1.82) is 0 Å². The summed E-state index contributed by atoms with van der Waals surface area (Å²) in [6.07, 6.45) is 1.14. The number of benzene rings is 1. The molecule has 0 saturated carbocycles. The van der Waals surface area contributed by atoms with E-state index in [1.54, 1.807) is 0 Å². The molecule has 0 bridgehead atoms. The third kappa shape index (κ3) is 2.18. The number of piperazine rings is 1. The van der Waals surface area contributed by atoms with Crippen LogP contribution in [-0.2, 0) is 0 Å². The molecule has 1 aliphatic heterocycles. The molecule has 1 N–H and O–H groups in total. The Morgan fingerprint density at radius 3 is 2.69 bits per heavy atom. The molecule has 0 aromatic heterocycles. The molecule has 1 aliphatic rings. The van der Waals surface area contributed by atoms with Gasteiger partial charge in [0.25, 0.3) is 0 Å². The van der Waals surface area contributed by atoms with Crippen LogP contribution in [0.2, 0.25) is 5.02 Å². The van der Waals surface area contributed by atoms with Gasteiger partial charge in [0.05, 0.1) is 0 Å². The molecule has 88 valence electrons. The number of rotatable bonds is 2. The highest BCUT2D eigenvalue weighted by molar-refractivity contribution is 6.30. The van der Waals surface area contributed by atoms with Gasteiger partial charge < -0.3 is 10.2 Å². The molecule has 1 unspecified atom stereocenters. The Morgan fingerprint density at radius 1 is 1.38 bits per heavy atom. The van der Waals surface area contributed by atoms with Gasteiger partial charge in [-0.1, -0.05) is 18.5 Å². The zero-order valence-corrected chi connectivity index (χ0v) is 10.7. The minimum atomic E-state index is 0.214. The summed E-state index contributed by atoms with van der Waals surface area (Å²) >= 11 is 5.92. The molecule has 0 spiro atoms. The Hall–Kier alpha value is -0.730. The third-order valence-electron chi connectivity index (χ3n) is 3.57. The summed E-state index contributed by atoms with van der Waals surface area (Å²) < 4.78 is 0. The lowest BCUT2D eigenvalue weighted by atomic mass is 9.93. The van der Waals surface area contributed by atoms with Crippen LogP contribution < -0.4 is 10.2 Å². The normalized spacial score (nSPS) is 25.8. The Labute approximate surface area is 103 Å². The van der Waals surface area contributed by atoms with Crippen LogP contribution in [0.25, 0.3) is 0 Å². The van der Waals surface area contributed by atoms with Crippen molar-refractivity contribution >= 4 is 17.3 Å². The number of nitrogens with zero attached hydrogens (tertiary/aromatic N) is 1. The van der Waals surface area contributed by atoms with Gasteiger partial charge in [-0.05, 0) is 37.6 Å². The van der Waals surface area contributed by atoms with E-state index in [9.17, 15) is 0 Å². The summed E-state index contributed by atoms with van der Waals surface area (Å²) in [5, 5.41) is 4.27. The summed E-state index contributed by atoms with van der Waals surface area (Å²) in [5.41, 5.74) is 1.49. The molecule has 0 radical (unpaired) electrons. The lowest BCUT2D eigenvalue weighted by Gasteiger charge is -2.46. The first-order valence-electron chi connectivity index (χ1n) is 5.90. The van der Waals surface area contributed by atoms with Crippen molar-refractivity contribution in [2.24, 2.45) is 0 Å². The second kappa shape index (κ2) is 4.64. The highest BCUT2D eigenvalue weighted by Crippen LogP contribution is 2.28. The molecule has 1 aromatic rings. The Kier molecular flexibility index (Phi) is 3.41. The molecular weight excluding hydrogens is 220 g/mol. The second-order valence-corrected chi connectivity index (χ2v) is 5.09. The quantitative estimate of drug-likeness (QED) is 0.853. The molecule has 2 rings (SSSR count). The predicted octanol–water partition coefficient (Wildman–Crippen LogP) is 2.92. The molecule has 3 heteroatoms. The fourth-order valence-corrected chi connectivity index (χ4v) is 2.42. The molecule has 1 heterocycles. The highest BCUT2D eigenvalue weighted by atomic mass is 35.5. The number of nitrogens with one attached hydrogen (secondary N) is 1. The molecule has 0 amide bonds. The van der Waals surface area contributed by atoms with Crippen molar-refractivity contribution in [2.75, 3.05) is 24.5 Å². The lowest BCUT2D eigenvalue weighted by Crippen LogP contribution is -2.59. The van der Waals surface area contributed by atoms with Gasteiger partial charge in [-0.25, -0.2) is 0 Å². The summed E-state index contributed by atoms with van der Waals surface area (Å²) in [7, 11) is 0. The van der Waals surface area contributed by atoms with Crippen LogP contribution in [0.15, 0.2) is 24.3 Å². The van der Waals surface area contributed by atoms with Gasteiger partial charge >= 0.3 is 0 Å². The first kappa shape index (κ1) is 11.7. The van der Waals surface area contributed by atoms with Crippen LogP contribution in [0.5, 0.6) is 0 Å². The van der Waals surface area contributed by atoms with Crippen molar-refractivity contribution in [1.82, 2.24) is 5.32 Å². The van der Waals surface area contributed by atoms with Crippen LogP contribution in [0.3, 0.4) is 0 Å². The summed E-state index contributed by atoms with van der Waals surface area (Å²) in [6, 6.07) is 8.16. The van der Waals surface area contributed by atoms with Crippen molar-refractivity contribution in [2.45, 2.75) is 25.8 Å². The van der Waals surface area contributed by atoms with Gasteiger partial charge in [-0.3, -0.25) is 0 Å². The van der Waals surface area contributed by atoms with Crippen molar-refractivity contribution < 1.29 is 0 Å². The smallest absolute Gasteiger partial charge is 0.0496 e. The molecule has 1 atom stereocenters. The number of anilines is 1. The zero-order chi connectivity index (χ0) is 11.6. The first-order valence-corrected chi connectivity index (χ1v) is 6.27. The first-order chi connectivity index (χ1) is 7.65. The van der Waals surface area contributed by atoms with Crippen LogP contribution in [0.1, 0.15) is 20.3 Å². The van der Waals surface area contributed by atoms with Gasteiger partial charge in [-0.2, -0.15) is 0 Å². The Morgan fingerprint density at radius 2 is 2.06 bits per heavy atom. The topological polar surface area (TPSA) is 15.3 Å². The van der Waals surface area contributed by atoms with E-state index in [0.717, 1.165) is 31.1 Å². The molecule has 0 aliphatic carbocycles. The molecule has 2 nitrogen and oxygen atoms in total. The van der Waals surface area contributed by atoms with E-state index >= 15 is 0 Å². The number of halogens is 1. The highest BCUT2D eigenvalue weighted by Gasteiger charge is 2.32. The predicted molar refractivity (Wildman–Crippen MR) is 70.4 cm³/mol. The van der Waals surface area contributed by atoms with Crippen LogP contribution in [0, 0.1) is 0 Å². The minimum absolute atomic E-state index is 0.214. The van der Waals surface area contributed by atoms with E-state index in [0.29, 0.717) is 0 Å². The fraction of sp³-hybridized carbons (Fsp3) is 0.538. The molecule has 1 aromatic carbocycles. The van der Waals surface area contributed by atoms with Gasteiger partial charge in [-0.15, -0.1) is 0 Å². The van der Waals surface area contributed by atoms with E-state index in [4.69, 9.17) is 11.6 Å². The molecular formula is C13H19ClN2. The average Bonchev–Trinajstić information content (AvgIpc) is 2.31. The Bertz CT molecular complexity index is 349. The van der Waals surface area contributed by atoms with E-state index in [1.165, 1.54) is 5.69 Å². The third-order valence-corrected chi connectivity index (χ3v) is 3.82. The maximum Gasteiger partial charge on any atom is 0.0496 e. The standard InChI is InChI=1S/C13H19ClN2/c1-3-13(2)10-15-8-9-16(13)12-6-4-11(14)5-7-12/h4-7,15H,3,8-10H2,1-2H3. The van der Waals surface area contributed by atoms with E-state index in [2.05, 4.69) is 36.2 Å². The minimum Gasteiger partial charge on any atom is -0.364 e. The van der Waals surface area contributed by atoms with Gasteiger partial charge in [0, 0.05) is 35.9 Å². The van der Waals surface area contributed by atoms with Gasteiger partial charge in [0.1, 0.15) is 0 Å². The van der Waals surface area contributed by atoms with Crippen molar-refractivity contribution in [3.63, 3.8) is 0 Å². The van der Waals surface area contributed by atoms with Gasteiger partial charge in [0.15, 0.2) is 0 Å². The summed E-state index contributed by atoms with van der Waals surface area (Å²) in [5.74, 6) is 0. The molecule has 1 fully saturated rings. The largest absolute Gasteiger partial charge is 0.364 e. The summed E-state index contributed by atoms with van der Waals surface area (Å²) in [6.45, 7) is 7.72. The molecule has 16 heavy (non-hydrogen) atoms. The van der Waals surface area contributed by atoms with Crippen LogP contribution in [-0.4, -0.2) is 25.2 Å². The van der Waals surface area contributed by atoms with Gasteiger partial charge in [0.2, 0.25) is 0 Å². The fourth-order valence-electron chi connectivity index (χ4n) is 2.29. The number of hydrogen-bond acceptors (Lipinski definition) is 2. The maximum absolute atomic E-state index is 5.92. The number of hydrogen-bond donors (Lipinski definition) is 1. The van der Waals surface area contributed by atoms with E-state index in [1.807, 2.05) is 12.1 Å². The van der Waals surface area contributed by atoms with E-state index < -0.39 is 0 Å². The summed E-state index contributed by atoms with van der Waals surface area (Å²) in [4.78, 5) is 2.49. The van der Waals surface area contributed by atoms with Crippen molar-refractivity contribution in [3.05, 3.63) is 29.3 Å². The van der Waals surface area contributed by atoms with Crippen LogP contribution in [0.4, 0.5) is 5.69 Å². The van der Waals surface area contributed by atoms with E-state index in [-0.39, 0.29) is 5.54 Å². The second-order valence-electron chi connectivity index (χ2n) is 4.66. The average molecular weight is 239 g/mol. The maximum atomic E-state index is 5.92. The zero-order valence-electron chi connectivity index (χ0n) is 9.96. The van der Waals surface area contributed by atoms with Crippen molar-refractivity contribution in [3.8, 4) is 0 Å². The SMILES string of the molecule is CCC1(C)CNCCN1c1ccc(Cl)cc1. The Balaban J connectivity index is 2.26. The lowest BCUT2D eigenvalue weighted by molar-refractivity contribution is 0.342. The van der Waals surface area contributed by atoms with Crippen LogP contribution >= 0.6 is 11.6 Å². The molecule has 1 saturated heterocycles. The monoisotopic (exact) mass is 238 g/mol.